The molecule has 0 aliphatic carbocycles. The molecular weight excluding hydrogens is 390 g/mol. The Labute approximate surface area is 183 Å². The van der Waals surface area contributed by atoms with Crippen LogP contribution in [0.3, 0.4) is 0 Å². The van der Waals surface area contributed by atoms with Crippen LogP contribution in [-0.4, -0.2) is 56.4 Å². The van der Waals surface area contributed by atoms with Crippen molar-refractivity contribution in [3.8, 4) is 17.0 Å². The second-order valence-electron chi connectivity index (χ2n) is 8.07. The minimum absolute atomic E-state index is 0.0295. The minimum Gasteiger partial charge on any atom is -0.497 e. The first-order valence-corrected chi connectivity index (χ1v) is 10.6. The van der Waals surface area contributed by atoms with E-state index in [-0.39, 0.29) is 11.9 Å². The summed E-state index contributed by atoms with van der Waals surface area (Å²) in [4.78, 5) is 17.0. The zero-order chi connectivity index (χ0) is 21.8. The van der Waals surface area contributed by atoms with Crippen LogP contribution in [0.2, 0.25) is 0 Å². The van der Waals surface area contributed by atoms with Crippen LogP contribution in [0, 0.1) is 0 Å². The van der Waals surface area contributed by atoms with Gasteiger partial charge in [-0.3, -0.25) is 9.89 Å². The van der Waals surface area contributed by atoms with E-state index in [9.17, 15) is 4.79 Å². The van der Waals surface area contributed by atoms with Crippen molar-refractivity contribution in [2.24, 2.45) is 0 Å². The summed E-state index contributed by atoms with van der Waals surface area (Å²) in [6.45, 7) is 1.67. The fraction of sp³-hybridized carbons (Fsp3) is 0.333. The Bertz CT molecular complexity index is 1010. The minimum atomic E-state index is -0.0295. The van der Waals surface area contributed by atoms with Crippen molar-refractivity contribution in [1.82, 2.24) is 15.5 Å². The molecule has 0 spiro atoms. The number of methoxy groups -OCH3 is 1. The monoisotopic (exact) mass is 419 g/mol. The number of nitrogens with zero attached hydrogens (tertiary/aromatic N) is 3. The van der Waals surface area contributed by atoms with Gasteiger partial charge in [0.15, 0.2) is 5.82 Å². The van der Waals surface area contributed by atoms with E-state index in [1.807, 2.05) is 67.5 Å². The van der Waals surface area contributed by atoms with Crippen LogP contribution in [-0.2, 0) is 0 Å². The van der Waals surface area contributed by atoms with Gasteiger partial charge in [0.1, 0.15) is 5.75 Å². The lowest BCUT2D eigenvalue weighted by Crippen LogP contribution is -2.48. The van der Waals surface area contributed by atoms with Gasteiger partial charge >= 0.3 is 0 Å². The number of piperidine rings is 1. The summed E-state index contributed by atoms with van der Waals surface area (Å²) in [5.74, 6) is 1.70. The van der Waals surface area contributed by atoms with Gasteiger partial charge in [-0.2, -0.15) is 5.10 Å². The van der Waals surface area contributed by atoms with Gasteiger partial charge in [-0.05, 0) is 66.9 Å². The molecule has 3 aromatic rings. The number of benzene rings is 2. The highest BCUT2D eigenvalue weighted by Gasteiger charge is 2.23. The number of nitrogens with one attached hydrogen (secondary N) is 2. The number of aromatic amines is 1. The standard InChI is InChI=1S/C24H29N5O2/c1-28(2)20-10-6-18(7-11-20)24(30)25-19-5-4-14-29(16-19)23-15-22(26-27-23)17-8-12-21(31-3)13-9-17/h6-13,15,19H,4-5,14,16H2,1-3H3,(H,25,30)(H,26,27). The van der Waals surface area contributed by atoms with Crippen molar-refractivity contribution in [1.29, 1.82) is 0 Å². The van der Waals surface area contributed by atoms with E-state index < -0.39 is 0 Å². The number of rotatable bonds is 6. The van der Waals surface area contributed by atoms with E-state index in [0.717, 1.165) is 54.4 Å². The number of carbonyl (C=O) groups is 1. The van der Waals surface area contributed by atoms with Crippen LogP contribution in [0.4, 0.5) is 11.5 Å². The average molecular weight is 420 g/mol. The first-order valence-electron chi connectivity index (χ1n) is 10.6. The molecular formula is C24H29N5O2. The molecule has 1 saturated heterocycles. The summed E-state index contributed by atoms with van der Waals surface area (Å²) >= 11 is 0. The smallest absolute Gasteiger partial charge is 0.251 e. The fourth-order valence-electron chi connectivity index (χ4n) is 3.87. The molecule has 1 amide bonds. The summed E-state index contributed by atoms with van der Waals surface area (Å²) in [6, 6.07) is 17.7. The number of hydrogen-bond donors (Lipinski definition) is 2. The van der Waals surface area contributed by atoms with Crippen LogP contribution in [0.25, 0.3) is 11.3 Å². The lowest BCUT2D eigenvalue weighted by atomic mass is 10.0. The molecule has 2 N–H and O–H groups in total. The number of aromatic nitrogens is 2. The number of hydrogen-bond acceptors (Lipinski definition) is 5. The van der Waals surface area contributed by atoms with Crippen LogP contribution >= 0.6 is 0 Å². The topological polar surface area (TPSA) is 73.5 Å². The van der Waals surface area contributed by atoms with Crippen molar-refractivity contribution < 1.29 is 9.53 Å². The summed E-state index contributed by atoms with van der Waals surface area (Å²) in [6.07, 6.45) is 1.98. The molecule has 4 rings (SSSR count). The van der Waals surface area contributed by atoms with Gasteiger partial charge in [-0.1, -0.05) is 0 Å². The third kappa shape index (κ3) is 4.82. The van der Waals surface area contributed by atoms with E-state index in [4.69, 9.17) is 4.74 Å². The Morgan fingerprint density at radius 3 is 2.58 bits per heavy atom. The Kier molecular flexibility index (Phi) is 6.11. The molecule has 7 nitrogen and oxygen atoms in total. The lowest BCUT2D eigenvalue weighted by molar-refractivity contribution is 0.0933. The largest absolute Gasteiger partial charge is 0.497 e. The number of carbonyl (C=O) groups excluding carboxylic acids is 1. The second kappa shape index (κ2) is 9.12. The summed E-state index contributed by atoms with van der Waals surface area (Å²) in [7, 11) is 5.63. The van der Waals surface area contributed by atoms with Crippen molar-refractivity contribution >= 4 is 17.4 Å². The molecule has 2 aromatic carbocycles. The van der Waals surface area contributed by atoms with Gasteiger partial charge in [0, 0.05) is 50.5 Å². The summed E-state index contributed by atoms with van der Waals surface area (Å²) in [5, 5.41) is 10.8. The summed E-state index contributed by atoms with van der Waals surface area (Å²) in [5.41, 5.74) is 3.78. The van der Waals surface area contributed by atoms with Gasteiger partial charge in [-0.25, -0.2) is 0 Å². The van der Waals surface area contributed by atoms with Gasteiger partial charge < -0.3 is 19.9 Å². The predicted octanol–water partition coefficient (Wildman–Crippen LogP) is 3.55. The highest BCUT2D eigenvalue weighted by molar-refractivity contribution is 5.94. The Hall–Kier alpha value is -3.48. The van der Waals surface area contributed by atoms with Crippen LogP contribution < -0.4 is 19.9 Å². The Balaban J connectivity index is 1.39. The van der Waals surface area contributed by atoms with Crippen molar-refractivity contribution in [3.05, 3.63) is 60.2 Å². The van der Waals surface area contributed by atoms with Crippen LogP contribution in [0.5, 0.6) is 5.75 Å². The zero-order valence-electron chi connectivity index (χ0n) is 18.3. The maximum absolute atomic E-state index is 12.7. The number of ether oxygens (including phenoxy) is 1. The number of anilines is 2. The molecule has 1 aliphatic rings. The molecule has 162 valence electrons. The first kappa shape index (κ1) is 20.8. The molecule has 1 atom stereocenters. The van der Waals surface area contributed by atoms with Crippen molar-refractivity contribution in [2.75, 3.05) is 44.1 Å². The molecule has 1 fully saturated rings. The number of H-pyrrole nitrogens is 1. The van der Waals surface area contributed by atoms with E-state index in [1.165, 1.54) is 0 Å². The molecule has 1 aliphatic heterocycles. The summed E-state index contributed by atoms with van der Waals surface area (Å²) < 4.78 is 5.23. The molecule has 1 unspecified atom stereocenters. The molecule has 31 heavy (non-hydrogen) atoms. The molecule has 0 radical (unpaired) electrons. The zero-order valence-corrected chi connectivity index (χ0v) is 18.3. The highest BCUT2D eigenvalue weighted by atomic mass is 16.5. The Morgan fingerprint density at radius 1 is 1.16 bits per heavy atom. The maximum atomic E-state index is 12.7. The first-order chi connectivity index (χ1) is 15.0. The van der Waals surface area contributed by atoms with E-state index in [0.29, 0.717) is 5.56 Å². The average Bonchev–Trinajstić information content (AvgIpc) is 3.30. The van der Waals surface area contributed by atoms with Crippen molar-refractivity contribution in [3.63, 3.8) is 0 Å². The fourth-order valence-corrected chi connectivity index (χ4v) is 3.87. The normalized spacial score (nSPS) is 16.1. The number of amides is 1. The molecule has 1 aromatic heterocycles. The van der Waals surface area contributed by atoms with E-state index in [1.54, 1.807) is 7.11 Å². The molecule has 2 heterocycles. The van der Waals surface area contributed by atoms with Crippen LogP contribution in [0.15, 0.2) is 54.6 Å². The third-order valence-corrected chi connectivity index (χ3v) is 5.69. The van der Waals surface area contributed by atoms with E-state index in [2.05, 4.69) is 26.5 Å². The van der Waals surface area contributed by atoms with Gasteiger partial charge in [0.2, 0.25) is 0 Å². The second-order valence-corrected chi connectivity index (χ2v) is 8.07. The van der Waals surface area contributed by atoms with Crippen LogP contribution in [0.1, 0.15) is 23.2 Å². The predicted molar refractivity (Wildman–Crippen MR) is 124 cm³/mol. The molecule has 0 bridgehead atoms. The third-order valence-electron chi connectivity index (χ3n) is 5.69. The van der Waals surface area contributed by atoms with Gasteiger partial charge in [-0.15, -0.1) is 0 Å². The highest BCUT2D eigenvalue weighted by Crippen LogP contribution is 2.26. The molecule has 7 heteroatoms. The van der Waals surface area contributed by atoms with Gasteiger partial charge in [0.25, 0.3) is 5.91 Å². The lowest BCUT2D eigenvalue weighted by Gasteiger charge is -2.33. The van der Waals surface area contributed by atoms with Crippen molar-refractivity contribution in [2.45, 2.75) is 18.9 Å². The Morgan fingerprint density at radius 2 is 1.90 bits per heavy atom. The quantitative estimate of drug-likeness (QED) is 0.639. The maximum Gasteiger partial charge on any atom is 0.251 e. The van der Waals surface area contributed by atoms with E-state index >= 15 is 0 Å². The van der Waals surface area contributed by atoms with Gasteiger partial charge in [0.05, 0.1) is 12.8 Å². The molecule has 0 saturated carbocycles. The SMILES string of the molecule is COc1ccc(-c2cc(N3CCCC(NC(=O)c4ccc(N(C)C)cc4)C3)n[nH]2)cc1.